The molecular formula is C12H13Cl2N5O. The molecule has 0 atom stereocenters. The number of aromatic nitrogens is 4. The first-order chi connectivity index (χ1) is 9.66. The van der Waals surface area contributed by atoms with Gasteiger partial charge in [-0.25, -0.2) is 4.68 Å². The molecule has 1 fully saturated rings. The van der Waals surface area contributed by atoms with Crippen molar-refractivity contribution in [1.29, 1.82) is 0 Å². The highest BCUT2D eigenvalue weighted by Crippen LogP contribution is 2.34. The zero-order chi connectivity index (χ0) is 14.1. The van der Waals surface area contributed by atoms with E-state index >= 15 is 0 Å². The van der Waals surface area contributed by atoms with E-state index in [1.165, 1.54) is 0 Å². The molecule has 0 aliphatic carbocycles. The summed E-state index contributed by atoms with van der Waals surface area (Å²) >= 11 is 12.0. The zero-order valence-corrected chi connectivity index (χ0v) is 12.1. The summed E-state index contributed by atoms with van der Waals surface area (Å²) in [4.78, 5) is 0. The van der Waals surface area contributed by atoms with E-state index in [0.717, 1.165) is 18.4 Å². The van der Waals surface area contributed by atoms with Crippen LogP contribution in [0.5, 0.6) is 0 Å². The molecule has 1 aliphatic heterocycles. The fraction of sp³-hybridized carbons (Fsp3) is 0.417. The van der Waals surface area contributed by atoms with Crippen molar-refractivity contribution in [2.24, 2.45) is 0 Å². The third-order valence-corrected chi connectivity index (χ3v) is 4.16. The molecule has 1 aliphatic rings. The van der Waals surface area contributed by atoms with Gasteiger partial charge in [-0.3, -0.25) is 0 Å². The number of ether oxygens (including phenoxy) is 1. The van der Waals surface area contributed by atoms with Crippen LogP contribution in [-0.4, -0.2) is 33.4 Å². The van der Waals surface area contributed by atoms with Crippen molar-refractivity contribution in [3.63, 3.8) is 0 Å². The molecule has 0 spiro atoms. The van der Waals surface area contributed by atoms with Crippen LogP contribution in [0.3, 0.4) is 0 Å². The minimum Gasteiger partial charge on any atom is -0.397 e. The Kier molecular flexibility index (Phi) is 3.78. The first-order valence-electron chi connectivity index (χ1n) is 6.27. The summed E-state index contributed by atoms with van der Waals surface area (Å²) in [5, 5.41) is 12.7. The lowest BCUT2D eigenvalue weighted by Gasteiger charge is -2.22. The van der Waals surface area contributed by atoms with Gasteiger partial charge in [0, 0.05) is 18.8 Å². The molecule has 106 valence electrons. The van der Waals surface area contributed by atoms with Crippen LogP contribution in [-0.2, 0) is 4.74 Å². The molecule has 2 aromatic rings. The number of nitrogens with two attached hydrogens (primary N) is 1. The lowest BCUT2D eigenvalue weighted by atomic mass is 10.1. The quantitative estimate of drug-likeness (QED) is 0.862. The summed E-state index contributed by atoms with van der Waals surface area (Å²) in [6, 6.07) is 3.68. The molecule has 0 amide bonds. The first-order valence-corrected chi connectivity index (χ1v) is 7.03. The van der Waals surface area contributed by atoms with Gasteiger partial charge in [-0.05, 0) is 35.4 Å². The van der Waals surface area contributed by atoms with E-state index in [-0.39, 0.29) is 6.04 Å². The number of nitrogens with zero attached hydrogens (tertiary/aromatic N) is 4. The van der Waals surface area contributed by atoms with Crippen LogP contribution in [0.2, 0.25) is 10.0 Å². The molecular weight excluding hydrogens is 301 g/mol. The monoisotopic (exact) mass is 313 g/mol. The summed E-state index contributed by atoms with van der Waals surface area (Å²) in [5.41, 5.74) is 7.01. The van der Waals surface area contributed by atoms with Gasteiger partial charge < -0.3 is 10.5 Å². The van der Waals surface area contributed by atoms with Gasteiger partial charge in [-0.15, -0.1) is 5.10 Å². The molecule has 0 unspecified atom stereocenters. The SMILES string of the molecule is Nc1cc(-c2nnnn2C2CCOCC2)cc(Cl)c1Cl. The van der Waals surface area contributed by atoms with Crippen LogP contribution in [0.1, 0.15) is 18.9 Å². The van der Waals surface area contributed by atoms with E-state index in [1.807, 2.05) is 4.68 Å². The molecule has 0 saturated carbocycles. The van der Waals surface area contributed by atoms with Crippen LogP contribution in [0.25, 0.3) is 11.4 Å². The Morgan fingerprint density at radius 2 is 2.00 bits per heavy atom. The average molecular weight is 314 g/mol. The Hall–Kier alpha value is -1.37. The molecule has 0 radical (unpaired) electrons. The Bertz CT molecular complexity index is 601. The maximum absolute atomic E-state index is 6.06. The van der Waals surface area contributed by atoms with E-state index in [2.05, 4.69) is 15.5 Å². The Balaban J connectivity index is 2.00. The van der Waals surface area contributed by atoms with E-state index < -0.39 is 0 Å². The number of halogens is 2. The Morgan fingerprint density at radius 3 is 2.70 bits per heavy atom. The van der Waals surface area contributed by atoms with E-state index in [9.17, 15) is 0 Å². The Morgan fingerprint density at radius 1 is 1.25 bits per heavy atom. The Labute approximate surface area is 125 Å². The second-order valence-electron chi connectivity index (χ2n) is 4.65. The summed E-state index contributed by atoms with van der Waals surface area (Å²) in [7, 11) is 0. The highest BCUT2D eigenvalue weighted by molar-refractivity contribution is 6.43. The third kappa shape index (κ3) is 2.46. The summed E-state index contributed by atoms with van der Waals surface area (Å²) < 4.78 is 7.16. The second kappa shape index (κ2) is 5.55. The topological polar surface area (TPSA) is 78.9 Å². The van der Waals surface area contributed by atoms with E-state index in [1.54, 1.807) is 12.1 Å². The standard InChI is InChI=1S/C12H13Cl2N5O/c13-9-5-7(6-10(15)11(9)14)12-16-17-18-19(12)8-1-3-20-4-2-8/h5-6,8H,1-4,15H2. The van der Waals surface area contributed by atoms with Crippen molar-refractivity contribution in [3.05, 3.63) is 22.2 Å². The number of anilines is 1. The smallest absolute Gasteiger partial charge is 0.182 e. The van der Waals surface area contributed by atoms with Crippen molar-refractivity contribution in [1.82, 2.24) is 20.2 Å². The van der Waals surface area contributed by atoms with Gasteiger partial charge in [0.15, 0.2) is 5.82 Å². The van der Waals surface area contributed by atoms with Crippen molar-refractivity contribution in [2.45, 2.75) is 18.9 Å². The van der Waals surface area contributed by atoms with Gasteiger partial charge in [0.25, 0.3) is 0 Å². The molecule has 3 rings (SSSR count). The van der Waals surface area contributed by atoms with Crippen LogP contribution in [0.4, 0.5) is 5.69 Å². The number of hydrogen-bond donors (Lipinski definition) is 1. The minimum atomic E-state index is 0.226. The molecule has 0 bridgehead atoms. The highest BCUT2D eigenvalue weighted by atomic mass is 35.5. The fourth-order valence-electron chi connectivity index (χ4n) is 2.30. The van der Waals surface area contributed by atoms with E-state index in [0.29, 0.717) is 34.8 Å². The predicted octanol–water partition coefficient (Wildman–Crippen LogP) is 2.58. The lowest BCUT2D eigenvalue weighted by Crippen LogP contribution is -2.21. The van der Waals surface area contributed by atoms with Gasteiger partial charge in [0.1, 0.15) is 0 Å². The summed E-state index contributed by atoms with van der Waals surface area (Å²) in [5.74, 6) is 0.641. The van der Waals surface area contributed by atoms with Crippen LogP contribution in [0, 0.1) is 0 Å². The fourth-order valence-corrected chi connectivity index (χ4v) is 2.63. The molecule has 2 N–H and O–H groups in total. The molecule has 20 heavy (non-hydrogen) atoms. The number of benzene rings is 1. The molecule has 8 heteroatoms. The van der Waals surface area contributed by atoms with Crippen molar-refractivity contribution in [2.75, 3.05) is 18.9 Å². The number of nitrogen functional groups attached to an aromatic ring is 1. The van der Waals surface area contributed by atoms with Gasteiger partial charge in [-0.1, -0.05) is 23.2 Å². The number of tetrazole rings is 1. The molecule has 1 aromatic heterocycles. The number of rotatable bonds is 2. The zero-order valence-electron chi connectivity index (χ0n) is 10.6. The van der Waals surface area contributed by atoms with Crippen molar-refractivity contribution < 1.29 is 4.74 Å². The minimum absolute atomic E-state index is 0.226. The van der Waals surface area contributed by atoms with Gasteiger partial charge in [0.05, 0.1) is 21.8 Å². The van der Waals surface area contributed by atoms with Crippen molar-refractivity contribution >= 4 is 28.9 Å². The molecule has 1 saturated heterocycles. The summed E-state index contributed by atoms with van der Waals surface area (Å²) in [6.07, 6.45) is 1.77. The highest BCUT2D eigenvalue weighted by Gasteiger charge is 2.22. The van der Waals surface area contributed by atoms with Crippen molar-refractivity contribution in [3.8, 4) is 11.4 Å². The van der Waals surface area contributed by atoms with Gasteiger partial charge >= 0.3 is 0 Å². The largest absolute Gasteiger partial charge is 0.397 e. The normalized spacial score (nSPS) is 16.5. The molecule has 2 heterocycles. The lowest BCUT2D eigenvalue weighted by molar-refractivity contribution is 0.0662. The van der Waals surface area contributed by atoms with Crippen LogP contribution < -0.4 is 5.73 Å². The summed E-state index contributed by atoms with van der Waals surface area (Å²) in [6.45, 7) is 1.43. The van der Waals surface area contributed by atoms with Gasteiger partial charge in [0.2, 0.25) is 0 Å². The third-order valence-electron chi connectivity index (χ3n) is 3.34. The predicted molar refractivity (Wildman–Crippen MR) is 76.8 cm³/mol. The molecule has 6 nitrogen and oxygen atoms in total. The van der Waals surface area contributed by atoms with Crippen LogP contribution >= 0.6 is 23.2 Å². The maximum atomic E-state index is 6.06. The molecule has 1 aromatic carbocycles. The van der Waals surface area contributed by atoms with E-state index in [4.69, 9.17) is 33.7 Å². The average Bonchev–Trinajstić information content (AvgIpc) is 2.94. The maximum Gasteiger partial charge on any atom is 0.182 e. The first kappa shape index (κ1) is 13.6. The number of hydrogen-bond acceptors (Lipinski definition) is 5. The van der Waals surface area contributed by atoms with Gasteiger partial charge in [-0.2, -0.15) is 0 Å². The second-order valence-corrected chi connectivity index (χ2v) is 5.44. The van der Waals surface area contributed by atoms with Crippen LogP contribution in [0.15, 0.2) is 12.1 Å².